The van der Waals surface area contributed by atoms with Crippen LogP contribution < -0.4 is 0 Å². The lowest BCUT2D eigenvalue weighted by Gasteiger charge is -2.24. The maximum absolute atomic E-state index is 11.9. The highest BCUT2D eigenvalue weighted by atomic mass is 16.5. The van der Waals surface area contributed by atoms with Gasteiger partial charge in [-0.05, 0) is 94.9 Å². The number of ether oxygens (including phenoxy) is 4. The molecule has 0 fully saturated rings. The molecule has 4 aromatic carbocycles. The van der Waals surface area contributed by atoms with Crippen LogP contribution in [0, 0.1) is 0 Å². The predicted molar refractivity (Wildman–Crippen MR) is 321 cm³/mol. The molecule has 0 spiro atoms. The third-order valence-electron chi connectivity index (χ3n) is 13.2. The minimum atomic E-state index is -0.890. The molecule has 0 aromatic heterocycles. The normalized spacial score (nSPS) is 10.8. The van der Waals surface area contributed by atoms with E-state index in [4.69, 9.17) is 4.74 Å². The first kappa shape index (κ1) is 73.1. The van der Waals surface area contributed by atoms with Gasteiger partial charge < -0.3 is 18.9 Å². The Bertz CT molecular complexity index is 3110. The van der Waals surface area contributed by atoms with Crippen molar-refractivity contribution < 1.29 is 76.5 Å². The Morgan fingerprint density at radius 1 is 0.369 bits per heavy atom. The number of esters is 4. The first-order valence-corrected chi connectivity index (χ1v) is 26.8. The van der Waals surface area contributed by atoms with Crippen molar-refractivity contribution >= 4 is 70.1 Å². The summed E-state index contributed by atoms with van der Waals surface area (Å²) in [6, 6.07) is 26.6. The Balaban J connectivity index is 0.000000560. The molecule has 0 unspecified atom stereocenters. The Kier molecular flexibility index (Phi) is 28.9. The Labute approximate surface area is 493 Å². The molecule has 4 rings (SSSR count). The van der Waals surface area contributed by atoms with E-state index in [1.807, 2.05) is 55.4 Å². The highest BCUT2D eigenvalue weighted by Gasteiger charge is 2.29. The molecule has 0 atom stereocenters. The average molecular weight is 1150 g/mol. The third-order valence-corrected chi connectivity index (χ3v) is 13.2. The van der Waals surface area contributed by atoms with Gasteiger partial charge in [0.1, 0.15) is 0 Å². The van der Waals surface area contributed by atoms with Gasteiger partial charge in [-0.2, -0.15) is 0 Å². The standard InChI is InChI=1S/C18H22O4.2C17H20O4.C16H18O4/c1-6-22-17(21)16(20)13-7-9-14(10-8-13)18(4,5)11-15(19)12(2)3;1-11(2)14(18)10-17(3,4)13-8-6-12(7-9-13)15(19)16(20)21-5;1-5-14(18)11-17(3,4)13-9-7-12(8-10-13)15(19)16(20)21-6-2;1-5-13(17)10-16(2,3)12-8-6-11(7-9-12)14(18)15(19)20-4/h7-10H,2,6,11H2,1,3-5H3;6-9H,1,10H2,2-5H3;5,7-10H,1,6,11H2,2-4H3;5-9H,1,10H2,2-4H3. The first-order chi connectivity index (χ1) is 39.0. The maximum atomic E-state index is 11.9. The number of allylic oxidation sites excluding steroid dienone is 4. The maximum Gasteiger partial charge on any atom is 0.379 e. The molecule has 0 N–H and O–H groups in total. The number of carbonyl (C=O) groups excluding carboxylic acids is 12. The number of Topliss-reactive ketones (excluding diaryl/α,β-unsaturated/α-hetero) is 6. The summed E-state index contributed by atoms with van der Waals surface area (Å²) in [6.07, 6.45) is 3.96. The summed E-state index contributed by atoms with van der Waals surface area (Å²) in [4.78, 5) is 139. The van der Waals surface area contributed by atoms with Crippen molar-refractivity contribution in [3.8, 4) is 0 Å². The van der Waals surface area contributed by atoms with E-state index < -0.39 is 47.0 Å². The minimum Gasteiger partial charge on any atom is -0.463 e. The predicted octanol–water partition coefficient (Wildman–Crippen LogP) is 11.4. The van der Waals surface area contributed by atoms with E-state index in [1.54, 1.807) is 125 Å². The largest absolute Gasteiger partial charge is 0.463 e. The zero-order chi connectivity index (χ0) is 64.5. The summed E-state index contributed by atoms with van der Waals surface area (Å²) in [5, 5.41) is 0. The lowest BCUT2D eigenvalue weighted by Crippen LogP contribution is -2.23. The number of ketones is 8. The summed E-state index contributed by atoms with van der Waals surface area (Å²) in [5.41, 5.74) is 4.35. The van der Waals surface area contributed by atoms with Gasteiger partial charge in [0.05, 0.1) is 27.4 Å². The van der Waals surface area contributed by atoms with Gasteiger partial charge in [-0.3, -0.25) is 38.4 Å². The molecule has 4 aromatic rings. The van der Waals surface area contributed by atoms with E-state index >= 15 is 0 Å². The van der Waals surface area contributed by atoms with Crippen molar-refractivity contribution in [2.24, 2.45) is 0 Å². The molecule has 0 bridgehead atoms. The van der Waals surface area contributed by atoms with Crippen LogP contribution in [0.5, 0.6) is 0 Å². The molecule has 0 aliphatic carbocycles. The van der Waals surface area contributed by atoms with E-state index in [1.165, 1.54) is 26.4 Å². The second-order valence-corrected chi connectivity index (χ2v) is 22.0. The molecular weight excluding hydrogens is 1070 g/mol. The van der Waals surface area contributed by atoms with Crippen LogP contribution in [-0.2, 0) is 79.0 Å². The van der Waals surface area contributed by atoms with Crippen LogP contribution in [0.4, 0.5) is 0 Å². The van der Waals surface area contributed by atoms with E-state index in [2.05, 4.69) is 40.5 Å². The van der Waals surface area contributed by atoms with Crippen LogP contribution in [0.15, 0.2) is 147 Å². The molecule has 16 nitrogen and oxygen atoms in total. The van der Waals surface area contributed by atoms with Crippen LogP contribution >= 0.6 is 0 Å². The van der Waals surface area contributed by atoms with Crippen molar-refractivity contribution in [2.75, 3.05) is 27.4 Å². The third kappa shape index (κ3) is 22.8. The molecule has 0 saturated carbocycles. The topological polar surface area (TPSA) is 242 Å². The number of methoxy groups -OCH3 is 2. The minimum absolute atomic E-state index is 0.00899. The summed E-state index contributed by atoms with van der Waals surface area (Å²) in [6.45, 7) is 36.8. The van der Waals surface area contributed by atoms with Gasteiger partial charge >= 0.3 is 23.9 Å². The number of carbonyl (C=O) groups is 12. The molecule has 0 aliphatic rings. The van der Waals surface area contributed by atoms with Crippen molar-refractivity contribution in [1.29, 1.82) is 0 Å². The van der Waals surface area contributed by atoms with Gasteiger partial charge in [-0.25, -0.2) is 19.2 Å². The Hall–Kier alpha value is -8.92. The SMILES string of the molecule is C=C(C)C(=O)CC(C)(C)c1ccc(C(=O)C(=O)OC)cc1.C=C(C)C(=O)CC(C)(C)c1ccc(C(=O)C(=O)OCC)cc1.C=CC(=O)CC(C)(C)c1ccc(C(=O)C(=O)OC)cc1.C=CC(=O)CC(C)(C)c1ccc(C(=O)C(=O)OCC)cc1. The quantitative estimate of drug-likeness (QED) is 0.0187. The molecule has 16 heteroatoms. The van der Waals surface area contributed by atoms with Crippen molar-refractivity contribution in [1.82, 2.24) is 0 Å². The smallest absolute Gasteiger partial charge is 0.379 e. The monoisotopic (exact) mass is 1150 g/mol. The van der Waals surface area contributed by atoms with Crippen LogP contribution in [0.1, 0.15) is 172 Å². The van der Waals surface area contributed by atoms with E-state index in [0.717, 1.165) is 22.3 Å². The van der Waals surface area contributed by atoms with Crippen molar-refractivity contribution in [3.63, 3.8) is 0 Å². The second kappa shape index (κ2) is 33.3. The first-order valence-electron chi connectivity index (χ1n) is 26.8. The number of rotatable bonds is 26. The van der Waals surface area contributed by atoms with Gasteiger partial charge in [-0.1, -0.05) is 179 Å². The van der Waals surface area contributed by atoms with E-state index in [9.17, 15) is 57.5 Å². The Morgan fingerprint density at radius 3 is 0.750 bits per heavy atom. The molecule has 0 amide bonds. The molecule has 84 heavy (non-hydrogen) atoms. The zero-order valence-electron chi connectivity index (χ0n) is 51.0. The van der Waals surface area contributed by atoms with Gasteiger partial charge in [0.2, 0.25) is 0 Å². The highest BCUT2D eigenvalue weighted by molar-refractivity contribution is 6.42. The van der Waals surface area contributed by atoms with Crippen molar-refractivity contribution in [2.45, 2.75) is 130 Å². The number of benzene rings is 4. The van der Waals surface area contributed by atoms with E-state index in [0.29, 0.717) is 36.8 Å². The summed E-state index contributed by atoms with van der Waals surface area (Å²) < 4.78 is 18.2. The molecule has 448 valence electrons. The fourth-order valence-electron chi connectivity index (χ4n) is 7.87. The average Bonchev–Trinajstić information content (AvgIpc) is 3.48. The van der Waals surface area contributed by atoms with Gasteiger partial charge in [0, 0.05) is 47.9 Å². The summed E-state index contributed by atoms with van der Waals surface area (Å²) in [5.74, 6) is -6.23. The van der Waals surface area contributed by atoms with Gasteiger partial charge in [-0.15, -0.1) is 0 Å². The fraction of sp³-hybridized carbons (Fsp3) is 0.353. The molecule has 0 heterocycles. The second-order valence-electron chi connectivity index (χ2n) is 22.0. The van der Waals surface area contributed by atoms with Gasteiger partial charge in [0.15, 0.2) is 23.1 Å². The molecular formula is C68H80O16. The highest BCUT2D eigenvalue weighted by Crippen LogP contribution is 2.32. The van der Waals surface area contributed by atoms with Crippen LogP contribution in [0.25, 0.3) is 0 Å². The number of hydrogen-bond donors (Lipinski definition) is 0. The number of hydrogen-bond acceptors (Lipinski definition) is 16. The van der Waals surface area contributed by atoms with E-state index in [-0.39, 0.29) is 80.3 Å². The fourth-order valence-corrected chi connectivity index (χ4v) is 7.87. The van der Waals surface area contributed by atoms with Gasteiger partial charge in [0.25, 0.3) is 23.1 Å². The van der Waals surface area contributed by atoms with Crippen LogP contribution in [0.2, 0.25) is 0 Å². The van der Waals surface area contributed by atoms with Crippen LogP contribution in [-0.4, -0.2) is 97.6 Å². The molecule has 0 radical (unpaired) electrons. The summed E-state index contributed by atoms with van der Waals surface area (Å²) in [7, 11) is 2.33. The molecule has 0 saturated heterocycles. The molecule has 0 aliphatic heterocycles. The lowest BCUT2D eigenvalue weighted by atomic mass is 9.79. The lowest BCUT2D eigenvalue weighted by molar-refractivity contribution is -0.138. The van der Waals surface area contributed by atoms with Crippen LogP contribution in [0.3, 0.4) is 0 Å². The Morgan fingerprint density at radius 2 is 0.571 bits per heavy atom. The zero-order valence-corrected chi connectivity index (χ0v) is 51.0. The summed E-state index contributed by atoms with van der Waals surface area (Å²) >= 11 is 0. The van der Waals surface area contributed by atoms with Crippen molar-refractivity contribution in [3.05, 3.63) is 191 Å².